The third-order valence-corrected chi connectivity index (χ3v) is 7.03. The number of anilines is 1. The number of hydrogen-bond donors (Lipinski definition) is 4. The van der Waals surface area contributed by atoms with E-state index in [1.54, 1.807) is 6.20 Å². The van der Waals surface area contributed by atoms with Crippen LogP contribution in [0.25, 0.3) is 22.2 Å². The molecule has 4 rings (SSSR count). The van der Waals surface area contributed by atoms with Crippen LogP contribution < -0.4 is 15.8 Å². The molecule has 0 amide bonds. The maximum absolute atomic E-state index is 11.9. The van der Waals surface area contributed by atoms with E-state index < -0.39 is 10.0 Å². The summed E-state index contributed by atoms with van der Waals surface area (Å²) in [5, 5.41) is 4.90. The fourth-order valence-corrected chi connectivity index (χ4v) is 5.33. The van der Waals surface area contributed by atoms with Gasteiger partial charge in [-0.1, -0.05) is 11.6 Å². The molecule has 0 aromatic carbocycles. The van der Waals surface area contributed by atoms with E-state index in [1.165, 1.54) is 0 Å². The minimum atomic E-state index is -3.30. The molecule has 10 heteroatoms. The Hall–Kier alpha value is -2.20. The van der Waals surface area contributed by atoms with Crippen molar-refractivity contribution in [2.24, 2.45) is 5.73 Å². The lowest BCUT2D eigenvalue weighted by molar-refractivity contribution is 0.387. The van der Waals surface area contributed by atoms with Crippen LogP contribution in [0.1, 0.15) is 25.7 Å². The summed E-state index contributed by atoms with van der Waals surface area (Å²) in [6.45, 7) is 0.126. The quantitative estimate of drug-likeness (QED) is 0.412. The molecule has 0 aliphatic heterocycles. The van der Waals surface area contributed by atoms with Crippen molar-refractivity contribution in [3.05, 3.63) is 41.8 Å². The minimum absolute atomic E-state index is 0.0379. The number of H-pyrrole nitrogens is 1. The summed E-state index contributed by atoms with van der Waals surface area (Å²) in [6, 6.07) is 7.91. The van der Waals surface area contributed by atoms with Gasteiger partial charge in [0.1, 0.15) is 16.6 Å². The Bertz CT molecular complexity index is 1130. The average molecular weight is 449 g/mol. The molecule has 5 N–H and O–H groups in total. The third-order valence-electron chi connectivity index (χ3n) is 5.37. The molecule has 1 aliphatic carbocycles. The van der Waals surface area contributed by atoms with E-state index in [4.69, 9.17) is 17.3 Å². The van der Waals surface area contributed by atoms with Crippen molar-refractivity contribution in [1.82, 2.24) is 19.7 Å². The first-order chi connectivity index (χ1) is 14.4. The summed E-state index contributed by atoms with van der Waals surface area (Å²) in [7, 11) is -3.30. The van der Waals surface area contributed by atoms with Gasteiger partial charge in [0, 0.05) is 42.0 Å². The lowest BCUT2D eigenvalue weighted by Crippen LogP contribution is -2.42. The molecular weight excluding hydrogens is 424 g/mol. The fraction of sp³-hybridized carbons (Fsp3) is 0.400. The van der Waals surface area contributed by atoms with Crippen molar-refractivity contribution in [2.75, 3.05) is 17.6 Å². The van der Waals surface area contributed by atoms with Crippen molar-refractivity contribution in [3.8, 4) is 11.1 Å². The number of nitrogens with one attached hydrogen (secondary N) is 3. The van der Waals surface area contributed by atoms with Gasteiger partial charge >= 0.3 is 0 Å². The lowest BCUT2D eigenvalue weighted by Gasteiger charge is -2.30. The van der Waals surface area contributed by atoms with Crippen LogP contribution in [-0.2, 0) is 10.0 Å². The van der Waals surface area contributed by atoms with Crippen LogP contribution in [0.5, 0.6) is 0 Å². The van der Waals surface area contributed by atoms with Gasteiger partial charge in [-0.15, -0.1) is 0 Å². The van der Waals surface area contributed by atoms with Crippen LogP contribution in [0.2, 0.25) is 5.15 Å². The SMILES string of the molecule is NCCS(=O)(=O)N[C@H]1CC[C@H](Nc2cc(-c3c[nH]c4ncccc34)cc(Cl)n2)CC1. The molecule has 3 aromatic heterocycles. The van der Waals surface area contributed by atoms with Crippen molar-refractivity contribution >= 4 is 38.5 Å². The largest absolute Gasteiger partial charge is 0.367 e. The zero-order valence-electron chi connectivity index (χ0n) is 16.4. The molecule has 1 saturated carbocycles. The Kier molecular flexibility index (Phi) is 6.24. The Morgan fingerprint density at radius 2 is 1.97 bits per heavy atom. The van der Waals surface area contributed by atoms with E-state index >= 15 is 0 Å². The Morgan fingerprint density at radius 1 is 1.20 bits per heavy atom. The van der Waals surface area contributed by atoms with Gasteiger partial charge < -0.3 is 16.0 Å². The highest BCUT2D eigenvalue weighted by molar-refractivity contribution is 7.89. The van der Waals surface area contributed by atoms with Crippen LogP contribution in [0.3, 0.4) is 0 Å². The Labute approximate surface area is 180 Å². The number of hydrogen-bond acceptors (Lipinski definition) is 6. The van der Waals surface area contributed by atoms with Gasteiger partial charge in [-0.2, -0.15) is 0 Å². The molecule has 1 aliphatic rings. The summed E-state index contributed by atoms with van der Waals surface area (Å²) in [5.41, 5.74) is 8.17. The molecule has 8 nitrogen and oxygen atoms in total. The number of halogens is 1. The van der Waals surface area contributed by atoms with Crippen LogP contribution in [0.15, 0.2) is 36.7 Å². The number of pyridine rings is 2. The number of sulfonamides is 1. The van der Waals surface area contributed by atoms with E-state index in [0.29, 0.717) is 11.0 Å². The molecule has 3 aromatic rings. The first kappa shape index (κ1) is 21.0. The van der Waals surface area contributed by atoms with Crippen LogP contribution in [0.4, 0.5) is 5.82 Å². The predicted octanol–water partition coefficient (Wildman–Crippen LogP) is 2.88. The maximum Gasteiger partial charge on any atom is 0.213 e. The van der Waals surface area contributed by atoms with E-state index in [2.05, 4.69) is 25.0 Å². The van der Waals surface area contributed by atoms with E-state index in [1.807, 2.05) is 30.5 Å². The van der Waals surface area contributed by atoms with E-state index in [9.17, 15) is 8.42 Å². The lowest BCUT2D eigenvalue weighted by atomic mass is 9.92. The van der Waals surface area contributed by atoms with Gasteiger partial charge in [-0.05, 0) is 55.5 Å². The van der Waals surface area contributed by atoms with Gasteiger partial charge in [-0.25, -0.2) is 23.1 Å². The molecule has 0 saturated heterocycles. The van der Waals surface area contributed by atoms with Crippen molar-refractivity contribution in [1.29, 1.82) is 0 Å². The van der Waals surface area contributed by atoms with Gasteiger partial charge in [0.2, 0.25) is 10.0 Å². The van der Waals surface area contributed by atoms with Gasteiger partial charge in [-0.3, -0.25) is 0 Å². The second-order valence-corrected chi connectivity index (χ2v) is 9.84. The summed E-state index contributed by atoms with van der Waals surface area (Å²) in [5.74, 6) is 0.673. The summed E-state index contributed by atoms with van der Waals surface area (Å²) in [4.78, 5) is 11.9. The zero-order chi connectivity index (χ0) is 21.1. The number of aromatic nitrogens is 3. The number of nitrogens with zero attached hydrogens (tertiary/aromatic N) is 2. The number of nitrogens with two attached hydrogens (primary N) is 1. The van der Waals surface area contributed by atoms with Crippen LogP contribution >= 0.6 is 11.6 Å². The molecule has 0 spiro atoms. The molecule has 0 bridgehead atoms. The van der Waals surface area contributed by atoms with Crippen LogP contribution in [0, 0.1) is 0 Å². The molecule has 30 heavy (non-hydrogen) atoms. The standard InChI is InChI=1S/C20H25ClN6O2S/c21-18-10-13(17-12-24-20-16(17)2-1-8-23-20)11-19(26-18)25-14-3-5-15(6-4-14)27-30(28,29)9-7-22/h1-2,8,10-12,14-15,27H,3-7,9,22H2,(H,23,24)(H,25,26)/t14-,15-. The summed E-state index contributed by atoms with van der Waals surface area (Å²) in [6.07, 6.45) is 6.89. The Morgan fingerprint density at radius 3 is 2.73 bits per heavy atom. The number of rotatable bonds is 7. The monoisotopic (exact) mass is 448 g/mol. The third kappa shape index (κ3) is 4.92. The smallest absolute Gasteiger partial charge is 0.213 e. The van der Waals surface area contributed by atoms with E-state index in [0.717, 1.165) is 47.8 Å². The van der Waals surface area contributed by atoms with Crippen molar-refractivity contribution < 1.29 is 8.42 Å². The highest BCUT2D eigenvalue weighted by Gasteiger charge is 2.25. The molecule has 160 valence electrons. The summed E-state index contributed by atoms with van der Waals surface area (Å²) < 4.78 is 26.6. The molecule has 3 heterocycles. The van der Waals surface area contributed by atoms with Crippen molar-refractivity contribution in [3.63, 3.8) is 0 Å². The molecule has 0 unspecified atom stereocenters. The Balaban J connectivity index is 1.44. The molecule has 0 atom stereocenters. The van der Waals surface area contributed by atoms with Crippen LogP contribution in [-0.4, -0.2) is 47.8 Å². The highest BCUT2D eigenvalue weighted by Crippen LogP contribution is 2.31. The highest BCUT2D eigenvalue weighted by atomic mass is 35.5. The topological polar surface area (TPSA) is 126 Å². The maximum atomic E-state index is 11.9. The molecular formula is C20H25ClN6O2S. The summed E-state index contributed by atoms with van der Waals surface area (Å²) >= 11 is 6.30. The first-order valence-corrected chi connectivity index (χ1v) is 12.0. The normalized spacial score (nSPS) is 19.8. The second-order valence-electron chi connectivity index (χ2n) is 7.58. The molecule has 1 fully saturated rings. The average Bonchev–Trinajstić information content (AvgIpc) is 3.13. The van der Waals surface area contributed by atoms with Crippen molar-refractivity contribution in [2.45, 2.75) is 37.8 Å². The molecule has 0 radical (unpaired) electrons. The second kappa shape index (κ2) is 8.89. The zero-order valence-corrected chi connectivity index (χ0v) is 18.0. The predicted molar refractivity (Wildman–Crippen MR) is 120 cm³/mol. The fourth-order valence-electron chi connectivity index (χ4n) is 3.95. The van der Waals surface area contributed by atoms with E-state index in [-0.39, 0.29) is 24.4 Å². The van der Waals surface area contributed by atoms with Gasteiger partial charge in [0.25, 0.3) is 0 Å². The number of fused-ring (bicyclic) bond motifs is 1. The number of aromatic amines is 1. The van der Waals surface area contributed by atoms with Gasteiger partial charge in [0.05, 0.1) is 5.75 Å². The minimum Gasteiger partial charge on any atom is -0.367 e. The van der Waals surface area contributed by atoms with Gasteiger partial charge in [0.15, 0.2) is 0 Å². The first-order valence-electron chi connectivity index (χ1n) is 10.0.